The fraction of sp³-hybridized carbons (Fsp3) is 0.143. The number of aryl methyl sites for hydroxylation is 1. The van der Waals surface area contributed by atoms with E-state index in [2.05, 4.69) is 22.6 Å². The maximum atomic E-state index is 14.6. The van der Waals surface area contributed by atoms with Crippen LogP contribution in [-0.4, -0.2) is 0 Å². The molecule has 0 saturated heterocycles. The van der Waals surface area contributed by atoms with Crippen molar-refractivity contribution < 1.29 is 13.2 Å². The van der Waals surface area contributed by atoms with Crippen molar-refractivity contribution in [3.05, 3.63) is 81.2 Å². The van der Waals surface area contributed by atoms with Crippen LogP contribution in [0.25, 0.3) is 22.3 Å². The van der Waals surface area contributed by atoms with E-state index in [1.54, 1.807) is 18.2 Å². The Morgan fingerprint density at radius 2 is 1.40 bits per heavy atom. The first-order valence-corrected chi connectivity index (χ1v) is 9.11. The molecule has 3 aromatic carbocycles. The quantitative estimate of drug-likeness (QED) is 0.374. The van der Waals surface area contributed by atoms with E-state index in [-0.39, 0.29) is 11.1 Å². The molecule has 0 heterocycles. The molecule has 0 bridgehead atoms. The lowest BCUT2D eigenvalue weighted by atomic mass is 9.97. The van der Waals surface area contributed by atoms with Crippen LogP contribution in [0.5, 0.6) is 0 Å². The number of rotatable bonds is 4. The Morgan fingerprint density at radius 1 is 0.760 bits per heavy atom. The van der Waals surface area contributed by atoms with Crippen molar-refractivity contribution in [2.24, 2.45) is 0 Å². The molecule has 128 valence electrons. The van der Waals surface area contributed by atoms with Crippen molar-refractivity contribution in [2.75, 3.05) is 0 Å². The Morgan fingerprint density at radius 3 is 1.96 bits per heavy atom. The highest BCUT2D eigenvalue weighted by atomic mass is 127. The molecule has 0 unspecified atom stereocenters. The molecule has 0 aliphatic rings. The summed E-state index contributed by atoms with van der Waals surface area (Å²) in [6.45, 7) is 1.99. The number of hydrogen-bond donors (Lipinski definition) is 0. The Hall–Kier alpha value is -1.82. The van der Waals surface area contributed by atoms with Gasteiger partial charge in [-0.3, -0.25) is 0 Å². The molecular formula is C21H16F3I. The molecule has 0 aliphatic heterocycles. The van der Waals surface area contributed by atoms with Gasteiger partial charge in [0.25, 0.3) is 0 Å². The van der Waals surface area contributed by atoms with E-state index >= 15 is 0 Å². The van der Waals surface area contributed by atoms with Crippen molar-refractivity contribution >= 4 is 22.6 Å². The van der Waals surface area contributed by atoms with Gasteiger partial charge in [-0.25, -0.2) is 13.2 Å². The van der Waals surface area contributed by atoms with Gasteiger partial charge < -0.3 is 0 Å². The number of benzene rings is 3. The van der Waals surface area contributed by atoms with E-state index in [0.29, 0.717) is 11.1 Å². The molecule has 0 spiro atoms. The predicted octanol–water partition coefficient (Wildman–Crippen LogP) is 7.00. The maximum Gasteiger partial charge on any atom is 0.134 e. The van der Waals surface area contributed by atoms with Gasteiger partial charge in [0.1, 0.15) is 17.5 Å². The highest BCUT2D eigenvalue weighted by Crippen LogP contribution is 2.33. The zero-order valence-electron chi connectivity index (χ0n) is 13.6. The van der Waals surface area contributed by atoms with E-state index < -0.39 is 17.5 Å². The van der Waals surface area contributed by atoms with Crippen LogP contribution >= 0.6 is 22.6 Å². The van der Waals surface area contributed by atoms with E-state index in [0.717, 1.165) is 22.0 Å². The van der Waals surface area contributed by atoms with Crippen LogP contribution in [0, 0.1) is 21.0 Å². The summed E-state index contributed by atoms with van der Waals surface area (Å²) in [6.07, 6.45) is 1.61. The van der Waals surface area contributed by atoms with Gasteiger partial charge in [0, 0.05) is 9.13 Å². The Bertz CT molecular complexity index is 879. The van der Waals surface area contributed by atoms with Crippen LogP contribution in [0.3, 0.4) is 0 Å². The second-order valence-corrected chi connectivity index (χ2v) is 7.13. The highest BCUT2D eigenvalue weighted by molar-refractivity contribution is 14.1. The Balaban J connectivity index is 2.05. The molecule has 0 radical (unpaired) electrons. The van der Waals surface area contributed by atoms with Gasteiger partial charge in [-0.15, -0.1) is 0 Å². The standard InChI is InChI=1S/C21H16F3I/c1-2-3-13-4-9-17(18(22)10-13)21-19(23)11-15(12-20(21)24)14-5-7-16(25)8-6-14/h4-12H,2-3H2,1H3. The van der Waals surface area contributed by atoms with Crippen molar-refractivity contribution in [1.29, 1.82) is 0 Å². The van der Waals surface area contributed by atoms with Gasteiger partial charge >= 0.3 is 0 Å². The lowest BCUT2D eigenvalue weighted by Gasteiger charge is -2.11. The summed E-state index contributed by atoms with van der Waals surface area (Å²) in [7, 11) is 0. The topological polar surface area (TPSA) is 0 Å². The van der Waals surface area contributed by atoms with Gasteiger partial charge in [0.2, 0.25) is 0 Å². The first-order valence-electron chi connectivity index (χ1n) is 8.03. The zero-order valence-corrected chi connectivity index (χ0v) is 15.8. The van der Waals surface area contributed by atoms with Crippen molar-refractivity contribution in [1.82, 2.24) is 0 Å². The minimum absolute atomic E-state index is 0.0518. The summed E-state index contributed by atoms with van der Waals surface area (Å²) >= 11 is 2.16. The van der Waals surface area contributed by atoms with Crippen LogP contribution in [0.2, 0.25) is 0 Å². The van der Waals surface area contributed by atoms with Crippen LogP contribution in [0.4, 0.5) is 13.2 Å². The monoisotopic (exact) mass is 452 g/mol. The van der Waals surface area contributed by atoms with Gasteiger partial charge in [-0.1, -0.05) is 37.6 Å². The van der Waals surface area contributed by atoms with Gasteiger partial charge in [0.15, 0.2) is 0 Å². The minimum Gasteiger partial charge on any atom is -0.206 e. The van der Waals surface area contributed by atoms with E-state index in [1.165, 1.54) is 24.3 Å². The fourth-order valence-electron chi connectivity index (χ4n) is 2.84. The molecule has 0 N–H and O–H groups in total. The summed E-state index contributed by atoms with van der Waals surface area (Å²) in [5.74, 6) is -2.14. The predicted molar refractivity (Wildman–Crippen MR) is 104 cm³/mol. The minimum atomic E-state index is -0.768. The third-order valence-electron chi connectivity index (χ3n) is 4.06. The average Bonchev–Trinajstić information content (AvgIpc) is 2.57. The summed E-state index contributed by atoms with van der Waals surface area (Å²) in [4.78, 5) is 0. The maximum absolute atomic E-state index is 14.6. The lowest BCUT2D eigenvalue weighted by molar-refractivity contribution is 0.582. The van der Waals surface area contributed by atoms with E-state index in [1.807, 2.05) is 19.1 Å². The van der Waals surface area contributed by atoms with Crippen molar-refractivity contribution in [3.63, 3.8) is 0 Å². The van der Waals surface area contributed by atoms with Crippen LogP contribution in [-0.2, 0) is 6.42 Å². The first kappa shape index (κ1) is 18.0. The second-order valence-electron chi connectivity index (χ2n) is 5.89. The van der Waals surface area contributed by atoms with Crippen LogP contribution < -0.4 is 0 Å². The summed E-state index contributed by atoms with van der Waals surface area (Å²) in [6, 6.07) is 14.4. The molecule has 0 amide bonds. The molecule has 0 aliphatic carbocycles. The lowest BCUT2D eigenvalue weighted by Crippen LogP contribution is -1.96. The smallest absolute Gasteiger partial charge is 0.134 e. The Kier molecular flexibility index (Phi) is 5.47. The summed E-state index contributed by atoms with van der Waals surface area (Å²) in [5, 5.41) is 0. The second kappa shape index (κ2) is 7.60. The SMILES string of the molecule is CCCc1ccc(-c2c(F)cc(-c3ccc(I)cc3)cc2F)c(F)c1. The molecule has 0 atom stereocenters. The van der Waals surface area contributed by atoms with Crippen LogP contribution in [0.1, 0.15) is 18.9 Å². The molecular weight excluding hydrogens is 436 g/mol. The average molecular weight is 452 g/mol. The largest absolute Gasteiger partial charge is 0.206 e. The molecule has 0 aromatic heterocycles. The molecule has 3 aromatic rings. The number of halogens is 4. The zero-order chi connectivity index (χ0) is 18.0. The third kappa shape index (κ3) is 3.89. The molecule has 4 heteroatoms. The van der Waals surface area contributed by atoms with Crippen LogP contribution in [0.15, 0.2) is 54.6 Å². The summed E-state index contributed by atoms with van der Waals surface area (Å²) in [5.41, 5.74) is 1.58. The number of hydrogen-bond acceptors (Lipinski definition) is 0. The molecule has 0 saturated carbocycles. The molecule has 3 rings (SSSR count). The normalized spacial score (nSPS) is 10.9. The van der Waals surface area contributed by atoms with Crippen molar-refractivity contribution in [3.8, 4) is 22.3 Å². The highest BCUT2D eigenvalue weighted by Gasteiger charge is 2.17. The van der Waals surface area contributed by atoms with E-state index in [9.17, 15) is 13.2 Å². The van der Waals surface area contributed by atoms with Gasteiger partial charge in [-0.05, 0) is 76.0 Å². The fourth-order valence-corrected chi connectivity index (χ4v) is 3.20. The molecule has 0 nitrogen and oxygen atoms in total. The van der Waals surface area contributed by atoms with Crippen molar-refractivity contribution in [2.45, 2.75) is 19.8 Å². The van der Waals surface area contributed by atoms with Gasteiger partial charge in [-0.2, -0.15) is 0 Å². The van der Waals surface area contributed by atoms with Gasteiger partial charge in [0.05, 0.1) is 5.56 Å². The summed E-state index contributed by atoms with van der Waals surface area (Å²) < 4.78 is 44.6. The first-order chi connectivity index (χ1) is 12.0. The molecule has 0 fully saturated rings. The third-order valence-corrected chi connectivity index (χ3v) is 4.78. The molecule has 25 heavy (non-hydrogen) atoms. The Labute approximate surface area is 158 Å². The van der Waals surface area contributed by atoms with E-state index in [4.69, 9.17) is 0 Å².